The van der Waals surface area contributed by atoms with Crippen LogP contribution in [-0.2, 0) is 6.54 Å². The molecule has 31 heavy (non-hydrogen) atoms. The zero-order valence-corrected chi connectivity index (χ0v) is 17.2. The van der Waals surface area contributed by atoms with Gasteiger partial charge in [0.15, 0.2) is 0 Å². The zero-order valence-electron chi connectivity index (χ0n) is 17.2. The van der Waals surface area contributed by atoms with E-state index in [2.05, 4.69) is 14.9 Å². The van der Waals surface area contributed by atoms with Crippen molar-refractivity contribution in [1.29, 1.82) is 0 Å². The summed E-state index contributed by atoms with van der Waals surface area (Å²) in [5.41, 5.74) is 4.59. The van der Waals surface area contributed by atoms with Gasteiger partial charge in [0.2, 0.25) is 0 Å². The highest BCUT2D eigenvalue weighted by atomic mass is 16.3. The molecule has 3 aromatic carbocycles. The number of aromatic hydroxyl groups is 1. The van der Waals surface area contributed by atoms with Crippen molar-refractivity contribution in [2.75, 3.05) is 26.2 Å². The normalized spacial score (nSPS) is 14.8. The molecule has 156 valence electrons. The largest absolute Gasteiger partial charge is 0.508 e. The van der Waals surface area contributed by atoms with E-state index in [0.717, 1.165) is 47.6 Å². The second kappa shape index (κ2) is 8.24. The quantitative estimate of drug-likeness (QED) is 0.533. The molecule has 6 nitrogen and oxygen atoms in total. The van der Waals surface area contributed by atoms with E-state index < -0.39 is 0 Å². The number of amides is 1. The number of aromatic nitrogens is 2. The van der Waals surface area contributed by atoms with Gasteiger partial charge in [-0.3, -0.25) is 9.69 Å². The molecule has 1 aliphatic heterocycles. The van der Waals surface area contributed by atoms with Gasteiger partial charge in [-0.25, -0.2) is 4.98 Å². The summed E-state index contributed by atoms with van der Waals surface area (Å²) in [6, 6.07) is 23.0. The van der Waals surface area contributed by atoms with Crippen LogP contribution < -0.4 is 0 Å². The Kier molecular flexibility index (Phi) is 5.14. The average molecular weight is 412 g/mol. The number of aromatic amines is 1. The second-order valence-electron chi connectivity index (χ2n) is 7.92. The summed E-state index contributed by atoms with van der Waals surface area (Å²) in [7, 11) is 0. The molecule has 0 unspecified atom stereocenters. The number of carbonyl (C=O) groups is 1. The van der Waals surface area contributed by atoms with E-state index in [0.29, 0.717) is 18.7 Å². The van der Waals surface area contributed by atoms with Crippen molar-refractivity contribution >= 4 is 16.9 Å². The smallest absolute Gasteiger partial charge is 0.254 e. The molecule has 0 bridgehead atoms. The predicted molar refractivity (Wildman–Crippen MR) is 121 cm³/mol. The SMILES string of the molecule is O=C(c1ccc2[nH]c(-c3ccccc3)nc2c1)N1CCN(Cc2ccc(O)cc2)CC1. The molecule has 2 N–H and O–H groups in total. The van der Waals surface area contributed by atoms with Crippen molar-refractivity contribution < 1.29 is 9.90 Å². The number of hydrogen-bond acceptors (Lipinski definition) is 4. The topological polar surface area (TPSA) is 72.5 Å². The molecule has 1 aliphatic rings. The summed E-state index contributed by atoms with van der Waals surface area (Å²) in [6.45, 7) is 3.88. The molecule has 1 amide bonds. The van der Waals surface area contributed by atoms with E-state index in [1.165, 1.54) is 0 Å². The lowest BCUT2D eigenvalue weighted by atomic mass is 10.1. The van der Waals surface area contributed by atoms with Gasteiger partial charge in [0, 0.05) is 43.9 Å². The number of rotatable bonds is 4. The maximum absolute atomic E-state index is 13.1. The molecular formula is C25H24N4O2. The van der Waals surface area contributed by atoms with Gasteiger partial charge in [-0.15, -0.1) is 0 Å². The molecule has 0 saturated carbocycles. The molecule has 1 aromatic heterocycles. The van der Waals surface area contributed by atoms with E-state index in [-0.39, 0.29) is 11.7 Å². The van der Waals surface area contributed by atoms with Crippen LogP contribution in [0.3, 0.4) is 0 Å². The fraction of sp³-hybridized carbons (Fsp3) is 0.200. The molecule has 0 spiro atoms. The summed E-state index contributed by atoms with van der Waals surface area (Å²) in [5.74, 6) is 1.14. The highest BCUT2D eigenvalue weighted by Crippen LogP contribution is 2.22. The first-order valence-electron chi connectivity index (χ1n) is 10.5. The summed E-state index contributed by atoms with van der Waals surface area (Å²) in [6.07, 6.45) is 0. The first kappa shape index (κ1) is 19.3. The maximum Gasteiger partial charge on any atom is 0.254 e. The number of benzene rings is 3. The standard InChI is InChI=1S/C25H24N4O2/c30-21-9-6-18(7-10-21)17-28-12-14-29(15-13-28)25(31)20-8-11-22-23(16-20)27-24(26-22)19-4-2-1-3-5-19/h1-11,16,30H,12-15,17H2,(H,26,27). The van der Waals surface area contributed by atoms with Crippen LogP contribution in [0.2, 0.25) is 0 Å². The van der Waals surface area contributed by atoms with Gasteiger partial charge in [0.1, 0.15) is 11.6 Å². The minimum absolute atomic E-state index is 0.0513. The van der Waals surface area contributed by atoms with Crippen LogP contribution in [-0.4, -0.2) is 57.0 Å². The van der Waals surface area contributed by atoms with Crippen LogP contribution in [0.5, 0.6) is 5.75 Å². The number of fused-ring (bicyclic) bond motifs is 1. The fourth-order valence-corrected chi connectivity index (χ4v) is 4.02. The Labute approximate surface area is 180 Å². The van der Waals surface area contributed by atoms with Crippen molar-refractivity contribution in [1.82, 2.24) is 19.8 Å². The molecule has 2 heterocycles. The van der Waals surface area contributed by atoms with Crippen LogP contribution in [0.1, 0.15) is 15.9 Å². The molecule has 0 radical (unpaired) electrons. The average Bonchev–Trinajstić information content (AvgIpc) is 3.25. The van der Waals surface area contributed by atoms with Crippen molar-refractivity contribution in [3.8, 4) is 17.1 Å². The van der Waals surface area contributed by atoms with Gasteiger partial charge in [-0.05, 0) is 35.9 Å². The van der Waals surface area contributed by atoms with Gasteiger partial charge in [0.05, 0.1) is 11.0 Å². The van der Waals surface area contributed by atoms with Gasteiger partial charge in [-0.1, -0.05) is 42.5 Å². The molecule has 0 aliphatic carbocycles. The number of nitrogens with zero attached hydrogens (tertiary/aromatic N) is 3. The number of imidazole rings is 1. The Morgan fingerprint density at radius 1 is 0.935 bits per heavy atom. The predicted octanol–water partition coefficient (Wildman–Crippen LogP) is 3.89. The number of piperazine rings is 1. The Morgan fingerprint density at radius 2 is 1.68 bits per heavy atom. The number of phenolic OH excluding ortho intramolecular Hbond substituents is 1. The van der Waals surface area contributed by atoms with Crippen LogP contribution in [0.15, 0.2) is 72.8 Å². The van der Waals surface area contributed by atoms with Gasteiger partial charge in [0.25, 0.3) is 5.91 Å². The van der Waals surface area contributed by atoms with Gasteiger partial charge >= 0.3 is 0 Å². The highest BCUT2D eigenvalue weighted by molar-refractivity contribution is 5.97. The Balaban J connectivity index is 1.25. The van der Waals surface area contributed by atoms with E-state index in [1.54, 1.807) is 12.1 Å². The van der Waals surface area contributed by atoms with E-state index in [9.17, 15) is 9.90 Å². The third-order valence-corrected chi connectivity index (χ3v) is 5.78. The summed E-state index contributed by atoms with van der Waals surface area (Å²) >= 11 is 0. The first-order chi connectivity index (χ1) is 15.2. The van der Waals surface area contributed by atoms with Crippen molar-refractivity contribution in [3.63, 3.8) is 0 Å². The number of hydrogen-bond donors (Lipinski definition) is 2. The fourth-order valence-electron chi connectivity index (χ4n) is 4.02. The van der Waals surface area contributed by atoms with E-state index in [1.807, 2.05) is 65.6 Å². The molecule has 1 saturated heterocycles. The van der Waals surface area contributed by atoms with Crippen LogP contribution in [0.25, 0.3) is 22.4 Å². The van der Waals surface area contributed by atoms with Crippen molar-refractivity contribution in [2.45, 2.75) is 6.54 Å². The molecular weight excluding hydrogens is 388 g/mol. The lowest BCUT2D eigenvalue weighted by molar-refractivity contribution is 0.0628. The van der Waals surface area contributed by atoms with E-state index >= 15 is 0 Å². The zero-order chi connectivity index (χ0) is 21.2. The molecule has 4 aromatic rings. The third kappa shape index (κ3) is 4.15. The summed E-state index contributed by atoms with van der Waals surface area (Å²) in [5, 5.41) is 9.43. The lowest BCUT2D eigenvalue weighted by Crippen LogP contribution is -2.48. The number of carbonyl (C=O) groups excluding carboxylic acids is 1. The van der Waals surface area contributed by atoms with E-state index in [4.69, 9.17) is 0 Å². The summed E-state index contributed by atoms with van der Waals surface area (Å²) < 4.78 is 0. The Bertz CT molecular complexity index is 1190. The Hall–Kier alpha value is -3.64. The second-order valence-corrected chi connectivity index (χ2v) is 7.92. The van der Waals surface area contributed by atoms with Crippen molar-refractivity contribution in [2.24, 2.45) is 0 Å². The molecule has 1 fully saturated rings. The highest BCUT2D eigenvalue weighted by Gasteiger charge is 2.22. The third-order valence-electron chi connectivity index (χ3n) is 5.78. The number of H-pyrrole nitrogens is 1. The first-order valence-corrected chi connectivity index (χ1v) is 10.5. The molecule has 5 rings (SSSR count). The van der Waals surface area contributed by atoms with Gasteiger partial charge < -0.3 is 15.0 Å². The monoisotopic (exact) mass is 412 g/mol. The lowest BCUT2D eigenvalue weighted by Gasteiger charge is -2.34. The number of nitrogens with one attached hydrogen (secondary N) is 1. The molecule has 6 heteroatoms. The maximum atomic E-state index is 13.1. The van der Waals surface area contributed by atoms with Gasteiger partial charge in [-0.2, -0.15) is 0 Å². The van der Waals surface area contributed by atoms with Crippen LogP contribution in [0.4, 0.5) is 0 Å². The van der Waals surface area contributed by atoms with Crippen molar-refractivity contribution in [3.05, 3.63) is 83.9 Å². The van der Waals surface area contributed by atoms with Crippen LogP contribution >= 0.6 is 0 Å². The minimum Gasteiger partial charge on any atom is -0.508 e. The number of phenols is 1. The Morgan fingerprint density at radius 3 is 2.42 bits per heavy atom. The summed E-state index contributed by atoms with van der Waals surface area (Å²) in [4.78, 5) is 25.3. The van der Waals surface area contributed by atoms with Crippen LogP contribution in [0, 0.1) is 0 Å². The minimum atomic E-state index is 0.0513. The molecule has 0 atom stereocenters.